The van der Waals surface area contributed by atoms with E-state index in [0.29, 0.717) is 0 Å². The Morgan fingerprint density at radius 1 is 0.800 bits per heavy atom. The zero-order valence-corrected chi connectivity index (χ0v) is 18.3. The molecule has 0 unspecified atom stereocenters. The number of phenols is 5. The van der Waals surface area contributed by atoms with E-state index in [1.165, 1.54) is 30.3 Å². The van der Waals surface area contributed by atoms with Gasteiger partial charge in [-0.3, -0.25) is 4.79 Å². The van der Waals surface area contributed by atoms with Crippen molar-refractivity contribution >= 4 is 32.4 Å². The summed E-state index contributed by atoms with van der Waals surface area (Å²) >= 11 is 0. The Balaban J connectivity index is 1.76. The number of benzene rings is 4. The van der Waals surface area contributed by atoms with Crippen LogP contribution in [-0.4, -0.2) is 39.7 Å². The van der Waals surface area contributed by atoms with Crippen LogP contribution in [0.3, 0.4) is 0 Å². The maximum Gasteiger partial charge on any atom is 0.426 e. The van der Waals surface area contributed by atoms with Gasteiger partial charge < -0.3 is 29.7 Å². The smallest absolute Gasteiger partial charge is 0.426 e. The zero-order chi connectivity index (χ0) is 25.5. The summed E-state index contributed by atoms with van der Waals surface area (Å²) in [5.74, 6) is -5.01. The largest absolute Gasteiger partial charge is 0.504 e. The topological polar surface area (TPSA) is 190 Å². The van der Waals surface area contributed by atoms with Gasteiger partial charge in [0.05, 0.1) is 5.56 Å². The van der Waals surface area contributed by atoms with Crippen LogP contribution in [0, 0.1) is 5.39 Å². The Bertz CT molecular complexity index is 1680. The van der Waals surface area contributed by atoms with Gasteiger partial charge in [-0.2, -0.15) is 8.42 Å². The lowest BCUT2D eigenvalue weighted by Crippen LogP contribution is -2.11. The minimum atomic E-state index is -4.62. The van der Waals surface area contributed by atoms with Crippen LogP contribution in [0.2, 0.25) is 0 Å². The first-order chi connectivity index (χ1) is 16.5. The van der Waals surface area contributed by atoms with E-state index in [9.17, 15) is 38.7 Å². The average Bonchev–Trinajstić information content (AvgIpc) is 2.83. The molecule has 0 atom stereocenters. The molecule has 0 radical (unpaired) electrons. The average molecular weight is 495 g/mol. The van der Waals surface area contributed by atoms with E-state index in [1.807, 2.05) is 0 Å². The minimum Gasteiger partial charge on any atom is -0.504 e. The molecule has 0 amide bonds. The summed E-state index contributed by atoms with van der Waals surface area (Å²) in [4.78, 5) is 15.3. The van der Waals surface area contributed by atoms with E-state index in [1.54, 1.807) is 0 Å². The van der Waals surface area contributed by atoms with Gasteiger partial charge in [0, 0.05) is 22.4 Å². The van der Waals surface area contributed by atoms with Crippen LogP contribution in [0.1, 0.15) is 15.9 Å². The molecule has 12 heteroatoms. The molecule has 0 fully saturated rings. The van der Waals surface area contributed by atoms with Crippen molar-refractivity contribution in [3.8, 4) is 34.5 Å². The van der Waals surface area contributed by atoms with Crippen molar-refractivity contribution in [2.75, 3.05) is 0 Å². The second-order valence-electron chi connectivity index (χ2n) is 7.26. The lowest BCUT2D eigenvalue weighted by molar-refractivity contribution is 0.103. The molecule has 0 spiro atoms. The van der Waals surface area contributed by atoms with E-state index < -0.39 is 56.0 Å². The summed E-state index contributed by atoms with van der Waals surface area (Å²) in [7, 11) is -4.62. The van der Waals surface area contributed by atoms with Crippen molar-refractivity contribution in [1.82, 2.24) is 0 Å². The standard InChI is InChI=1S/C23H14N2O9S/c24-25-15-7-5-12-13(21(15)29)2-1-3-19(12)35(32,33)34-18-10-11(4-8-16(18)26)20(28)14-6-9-17(27)23(31)22(14)30/h1-10,24H,(H3,26,27,28,29,30)/p+1. The number of diazo groups is 1. The number of nitrogens with zero attached hydrogens (tertiary/aromatic N) is 2. The van der Waals surface area contributed by atoms with Gasteiger partial charge >= 0.3 is 15.8 Å². The van der Waals surface area contributed by atoms with Crippen molar-refractivity contribution < 1.29 is 42.9 Å². The van der Waals surface area contributed by atoms with Crippen molar-refractivity contribution in [1.29, 1.82) is 5.39 Å². The summed E-state index contributed by atoms with van der Waals surface area (Å²) in [6, 6.07) is 11.5. The van der Waals surface area contributed by atoms with Crippen molar-refractivity contribution in [3.05, 3.63) is 76.8 Å². The number of carbonyl (C=O) groups is 1. The summed E-state index contributed by atoms with van der Waals surface area (Å²) in [5, 5.41) is 58.5. The molecule has 35 heavy (non-hydrogen) atoms. The molecule has 4 aromatic rings. The molecule has 0 saturated heterocycles. The molecular weight excluding hydrogens is 480 g/mol. The summed E-state index contributed by atoms with van der Waals surface area (Å²) in [6.07, 6.45) is 0. The number of ketones is 1. The second-order valence-corrected chi connectivity index (χ2v) is 8.78. The fourth-order valence-electron chi connectivity index (χ4n) is 3.39. The first-order valence-corrected chi connectivity index (χ1v) is 11.1. The fourth-order valence-corrected chi connectivity index (χ4v) is 4.55. The predicted octanol–water partition coefficient (Wildman–Crippen LogP) is 3.85. The molecule has 0 aliphatic heterocycles. The number of hydrogen-bond acceptors (Lipinski definition) is 10. The number of hydrogen-bond donors (Lipinski definition) is 5. The molecule has 176 valence electrons. The van der Waals surface area contributed by atoms with E-state index in [0.717, 1.165) is 30.3 Å². The van der Waals surface area contributed by atoms with Gasteiger partial charge in [0.1, 0.15) is 4.90 Å². The number of fused-ring (bicyclic) bond motifs is 1. The van der Waals surface area contributed by atoms with Crippen LogP contribution >= 0.6 is 0 Å². The van der Waals surface area contributed by atoms with Gasteiger partial charge in [-0.1, -0.05) is 12.1 Å². The third-order valence-electron chi connectivity index (χ3n) is 5.14. The molecule has 0 aromatic heterocycles. The monoisotopic (exact) mass is 495 g/mol. The van der Waals surface area contributed by atoms with Gasteiger partial charge in [0.25, 0.3) is 0 Å². The molecule has 0 aliphatic rings. The van der Waals surface area contributed by atoms with E-state index in [4.69, 9.17) is 9.58 Å². The van der Waals surface area contributed by atoms with Gasteiger partial charge in [-0.05, 0) is 42.5 Å². The van der Waals surface area contributed by atoms with Crippen LogP contribution in [0.5, 0.6) is 34.5 Å². The van der Waals surface area contributed by atoms with Crippen LogP contribution in [0.25, 0.3) is 15.7 Å². The third-order valence-corrected chi connectivity index (χ3v) is 6.44. The Labute approximate surface area is 197 Å². The van der Waals surface area contributed by atoms with Crippen molar-refractivity contribution in [3.63, 3.8) is 0 Å². The highest BCUT2D eigenvalue weighted by Gasteiger charge is 2.26. The van der Waals surface area contributed by atoms with Crippen LogP contribution in [0.4, 0.5) is 5.69 Å². The number of rotatable bonds is 5. The lowest BCUT2D eigenvalue weighted by Gasteiger charge is -2.12. The van der Waals surface area contributed by atoms with Crippen LogP contribution in [-0.2, 0) is 10.1 Å². The highest BCUT2D eigenvalue weighted by atomic mass is 32.2. The zero-order valence-electron chi connectivity index (χ0n) is 17.4. The Morgan fingerprint density at radius 3 is 2.23 bits per heavy atom. The normalized spacial score (nSPS) is 11.2. The number of phenolic OH excluding ortho intramolecular Hbond substituents is 5. The Hall–Kier alpha value is -5.02. The molecule has 0 heterocycles. The second kappa shape index (κ2) is 8.40. The molecule has 0 saturated carbocycles. The minimum absolute atomic E-state index is 0.0358. The van der Waals surface area contributed by atoms with E-state index in [-0.39, 0.29) is 26.9 Å². The quantitative estimate of drug-likeness (QED) is 0.118. The third kappa shape index (κ3) is 3.96. The van der Waals surface area contributed by atoms with Gasteiger partial charge in [0.2, 0.25) is 16.9 Å². The lowest BCUT2D eigenvalue weighted by atomic mass is 10.0. The molecule has 5 N–H and O–H groups in total. The van der Waals surface area contributed by atoms with Crippen LogP contribution < -0.4 is 4.18 Å². The van der Waals surface area contributed by atoms with Gasteiger partial charge in [-0.25, -0.2) is 0 Å². The van der Waals surface area contributed by atoms with Gasteiger partial charge in [-0.15, -0.1) is 0 Å². The first-order valence-electron chi connectivity index (χ1n) is 9.71. The summed E-state index contributed by atoms with van der Waals surface area (Å²) < 4.78 is 31.2. The molecule has 11 nitrogen and oxygen atoms in total. The van der Waals surface area contributed by atoms with Crippen LogP contribution in [0.15, 0.2) is 65.6 Å². The molecule has 0 bridgehead atoms. The number of aromatic hydroxyl groups is 5. The molecule has 4 aromatic carbocycles. The highest BCUT2D eigenvalue weighted by Crippen LogP contribution is 2.40. The van der Waals surface area contributed by atoms with E-state index >= 15 is 0 Å². The van der Waals surface area contributed by atoms with Crippen molar-refractivity contribution in [2.45, 2.75) is 4.90 Å². The molecule has 0 aliphatic carbocycles. The highest BCUT2D eigenvalue weighted by molar-refractivity contribution is 7.87. The first kappa shape index (κ1) is 23.1. The van der Waals surface area contributed by atoms with Crippen molar-refractivity contribution in [2.24, 2.45) is 0 Å². The maximum atomic E-state index is 13.0. The predicted molar refractivity (Wildman–Crippen MR) is 121 cm³/mol. The Kier molecular flexibility index (Phi) is 5.55. The molecule has 4 rings (SSSR count). The van der Waals surface area contributed by atoms with E-state index in [2.05, 4.69) is 4.98 Å². The SMILES string of the molecule is N#[N+]c1ccc2c(S(=O)(=O)Oc3cc(C(=O)c4ccc(O)c(O)c4O)ccc3O)cccc2c1O. The Morgan fingerprint density at radius 2 is 1.51 bits per heavy atom. The summed E-state index contributed by atoms with van der Waals surface area (Å²) in [6.45, 7) is 0. The fraction of sp³-hybridized carbons (Fsp3) is 0. The molecular formula is C23H15N2O9S+. The van der Waals surface area contributed by atoms with Gasteiger partial charge in [0.15, 0.2) is 33.8 Å². The maximum absolute atomic E-state index is 13.0. The number of carbonyl (C=O) groups excluding carboxylic acids is 1. The summed E-state index contributed by atoms with van der Waals surface area (Å²) in [5.41, 5.74) is -0.784.